The molecular formula is C18H17ClN2O3. The molecule has 0 aliphatic heterocycles. The fraction of sp³-hybridized carbons (Fsp3) is 0.111. The number of carbonyl (C=O) groups excluding carboxylic acids is 2. The highest BCUT2D eigenvalue weighted by atomic mass is 35.5. The molecule has 0 bridgehead atoms. The highest BCUT2D eigenvalue weighted by molar-refractivity contribution is 6.30. The van der Waals surface area contributed by atoms with Crippen molar-refractivity contribution < 1.29 is 14.3 Å². The number of amides is 2. The first-order chi connectivity index (χ1) is 11.6. The molecule has 0 atom stereocenters. The summed E-state index contributed by atoms with van der Waals surface area (Å²) >= 11 is 5.79. The molecule has 0 spiro atoms. The minimum absolute atomic E-state index is 0.176. The van der Waals surface area contributed by atoms with E-state index in [2.05, 4.69) is 17.2 Å². The molecule has 2 aromatic rings. The Morgan fingerprint density at radius 3 is 2.54 bits per heavy atom. The first-order valence-corrected chi connectivity index (χ1v) is 7.64. The van der Waals surface area contributed by atoms with E-state index in [-0.39, 0.29) is 18.4 Å². The Hall–Kier alpha value is -2.79. The van der Waals surface area contributed by atoms with Crippen LogP contribution in [0.25, 0.3) is 0 Å². The van der Waals surface area contributed by atoms with Gasteiger partial charge in [-0.25, -0.2) is 0 Å². The van der Waals surface area contributed by atoms with Gasteiger partial charge in [0.05, 0.1) is 11.3 Å². The predicted octanol–water partition coefficient (Wildman–Crippen LogP) is 3.27. The second kappa shape index (κ2) is 8.74. The van der Waals surface area contributed by atoms with Crippen molar-refractivity contribution >= 4 is 29.1 Å². The number of para-hydroxylation sites is 1. The zero-order valence-electron chi connectivity index (χ0n) is 12.9. The standard InChI is InChI=1S/C18H17ClN2O3/c1-2-11-20-18(23)15-5-3-4-6-16(15)21-17(22)12-24-14-9-7-13(19)8-10-14/h2-10H,1,11-12H2,(H,20,23)(H,21,22). The van der Waals surface area contributed by atoms with Crippen molar-refractivity contribution in [2.24, 2.45) is 0 Å². The van der Waals surface area contributed by atoms with E-state index in [0.29, 0.717) is 28.6 Å². The smallest absolute Gasteiger partial charge is 0.262 e. The molecule has 2 amide bonds. The maximum atomic E-state index is 12.1. The molecule has 0 aliphatic rings. The van der Waals surface area contributed by atoms with Gasteiger partial charge in [-0.05, 0) is 36.4 Å². The van der Waals surface area contributed by atoms with Crippen molar-refractivity contribution in [1.82, 2.24) is 5.32 Å². The lowest BCUT2D eigenvalue weighted by Crippen LogP contribution is -2.26. The van der Waals surface area contributed by atoms with Crippen LogP contribution >= 0.6 is 11.6 Å². The summed E-state index contributed by atoms with van der Waals surface area (Å²) in [5.74, 6) is -0.120. The van der Waals surface area contributed by atoms with E-state index >= 15 is 0 Å². The lowest BCUT2D eigenvalue weighted by molar-refractivity contribution is -0.118. The van der Waals surface area contributed by atoms with Crippen molar-refractivity contribution in [3.63, 3.8) is 0 Å². The van der Waals surface area contributed by atoms with Crippen LogP contribution in [-0.4, -0.2) is 25.0 Å². The minimum Gasteiger partial charge on any atom is -0.484 e. The Morgan fingerprint density at radius 1 is 1.12 bits per heavy atom. The van der Waals surface area contributed by atoms with Crippen molar-refractivity contribution in [3.8, 4) is 5.75 Å². The molecule has 5 nitrogen and oxygen atoms in total. The van der Waals surface area contributed by atoms with E-state index in [9.17, 15) is 9.59 Å². The van der Waals surface area contributed by atoms with E-state index < -0.39 is 0 Å². The van der Waals surface area contributed by atoms with E-state index in [1.54, 1.807) is 54.6 Å². The molecule has 6 heteroatoms. The highest BCUT2D eigenvalue weighted by Crippen LogP contribution is 2.17. The summed E-state index contributed by atoms with van der Waals surface area (Å²) in [6.07, 6.45) is 1.58. The third-order valence-corrected chi connectivity index (χ3v) is 3.29. The van der Waals surface area contributed by atoms with E-state index in [4.69, 9.17) is 16.3 Å². The van der Waals surface area contributed by atoms with E-state index in [1.807, 2.05) is 0 Å². The largest absolute Gasteiger partial charge is 0.484 e. The van der Waals surface area contributed by atoms with Gasteiger partial charge in [0.15, 0.2) is 6.61 Å². The second-order valence-electron chi connectivity index (χ2n) is 4.84. The topological polar surface area (TPSA) is 67.4 Å². The third-order valence-electron chi connectivity index (χ3n) is 3.04. The summed E-state index contributed by atoms with van der Waals surface area (Å²) in [6.45, 7) is 3.72. The zero-order valence-corrected chi connectivity index (χ0v) is 13.7. The maximum absolute atomic E-state index is 12.1. The Kier molecular flexibility index (Phi) is 6.40. The number of anilines is 1. The fourth-order valence-electron chi connectivity index (χ4n) is 1.92. The number of benzene rings is 2. The number of ether oxygens (including phenoxy) is 1. The highest BCUT2D eigenvalue weighted by Gasteiger charge is 2.12. The Balaban J connectivity index is 1.97. The van der Waals surface area contributed by atoms with Crippen molar-refractivity contribution in [1.29, 1.82) is 0 Å². The molecule has 2 rings (SSSR count). The first-order valence-electron chi connectivity index (χ1n) is 7.26. The molecule has 24 heavy (non-hydrogen) atoms. The molecule has 0 aromatic heterocycles. The van der Waals surface area contributed by atoms with Crippen LogP contribution in [0.5, 0.6) is 5.75 Å². The molecule has 124 valence electrons. The van der Waals surface area contributed by atoms with Gasteiger partial charge in [-0.3, -0.25) is 9.59 Å². The van der Waals surface area contributed by atoms with Crippen molar-refractivity contribution in [2.75, 3.05) is 18.5 Å². The van der Waals surface area contributed by atoms with Crippen LogP contribution < -0.4 is 15.4 Å². The SMILES string of the molecule is C=CCNC(=O)c1ccccc1NC(=O)COc1ccc(Cl)cc1. The average Bonchev–Trinajstić information content (AvgIpc) is 2.59. The second-order valence-corrected chi connectivity index (χ2v) is 5.27. The van der Waals surface area contributed by atoms with Crippen LogP contribution in [0.4, 0.5) is 5.69 Å². The summed E-state index contributed by atoms with van der Waals surface area (Å²) in [5, 5.41) is 5.94. The molecule has 0 saturated carbocycles. The normalized spacial score (nSPS) is 9.88. The minimum atomic E-state index is -0.367. The van der Waals surface area contributed by atoms with Gasteiger partial charge in [-0.15, -0.1) is 6.58 Å². The summed E-state index contributed by atoms with van der Waals surface area (Å²) < 4.78 is 5.38. The number of rotatable bonds is 7. The fourth-order valence-corrected chi connectivity index (χ4v) is 2.04. The predicted molar refractivity (Wildman–Crippen MR) is 94.5 cm³/mol. The van der Waals surface area contributed by atoms with Gasteiger partial charge in [0, 0.05) is 11.6 Å². The lowest BCUT2D eigenvalue weighted by atomic mass is 10.1. The van der Waals surface area contributed by atoms with Crippen molar-refractivity contribution in [2.45, 2.75) is 0 Å². The van der Waals surface area contributed by atoms with Gasteiger partial charge in [0.1, 0.15) is 5.75 Å². The molecule has 0 unspecified atom stereocenters. The molecular weight excluding hydrogens is 328 g/mol. The molecule has 0 fully saturated rings. The number of carbonyl (C=O) groups is 2. The van der Waals surface area contributed by atoms with Crippen LogP contribution in [0.2, 0.25) is 5.02 Å². The summed E-state index contributed by atoms with van der Waals surface area (Å²) in [5.41, 5.74) is 0.794. The quantitative estimate of drug-likeness (QED) is 0.757. The molecule has 0 heterocycles. The number of hydrogen-bond acceptors (Lipinski definition) is 3. The first kappa shape index (κ1) is 17.6. The van der Waals surface area contributed by atoms with Gasteiger partial charge in [-0.2, -0.15) is 0 Å². The van der Waals surface area contributed by atoms with Crippen LogP contribution in [0.1, 0.15) is 10.4 Å². The lowest BCUT2D eigenvalue weighted by Gasteiger charge is -2.11. The van der Waals surface area contributed by atoms with E-state index in [1.165, 1.54) is 0 Å². The monoisotopic (exact) mass is 344 g/mol. The molecule has 2 aromatic carbocycles. The summed E-state index contributed by atoms with van der Waals surface area (Å²) in [6, 6.07) is 13.4. The molecule has 0 aliphatic carbocycles. The average molecular weight is 345 g/mol. The summed E-state index contributed by atoms with van der Waals surface area (Å²) in [7, 11) is 0. The van der Waals surface area contributed by atoms with Gasteiger partial charge in [-0.1, -0.05) is 29.8 Å². The van der Waals surface area contributed by atoms with Crippen molar-refractivity contribution in [3.05, 3.63) is 71.8 Å². The third kappa shape index (κ3) is 5.14. The van der Waals surface area contributed by atoms with Gasteiger partial charge < -0.3 is 15.4 Å². The maximum Gasteiger partial charge on any atom is 0.262 e. The van der Waals surface area contributed by atoms with Gasteiger partial charge in [0.25, 0.3) is 11.8 Å². The zero-order chi connectivity index (χ0) is 17.4. The van der Waals surface area contributed by atoms with E-state index in [0.717, 1.165) is 0 Å². The van der Waals surface area contributed by atoms with Crippen LogP contribution in [0, 0.1) is 0 Å². The Labute approximate surface area is 145 Å². The molecule has 0 radical (unpaired) electrons. The van der Waals surface area contributed by atoms with Gasteiger partial charge >= 0.3 is 0 Å². The van der Waals surface area contributed by atoms with Crippen LogP contribution in [0.15, 0.2) is 61.2 Å². The number of nitrogens with one attached hydrogen (secondary N) is 2. The Morgan fingerprint density at radius 2 is 1.83 bits per heavy atom. The number of halogens is 1. The Bertz CT molecular complexity index is 729. The molecule has 2 N–H and O–H groups in total. The number of hydrogen-bond donors (Lipinski definition) is 2. The van der Waals surface area contributed by atoms with Crippen LogP contribution in [-0.2, 0) is 4.79 Å². The van der Waals surface area contributed by atoms with Crippen LogP contribution in [0.3, 0.4) is 0 Å². The van der Waals surface area contributed by atoms with Gasteiger partial charge in [0.2, 0.25) is 0 Å². The molecule has 0 saturated heterocycles. The summed E-state index contributed by atoms with van der Waals surface area (Å²) in [4.78, 5) is 24.1.